The van der Waals surface area contributed by atoms with Crippen LogP contribution in [-0.2, 0) is 0 Å². The quantitative estimate of drug-likeness (QED) is 0.800. The van der Waals surface area contributed by atoms with Gasteiger partial charge < -0.3 is 11.5 Å². The highest BCUT2D eigenvalue weighted by Gasteiger charge is 2.45. The van der Waals surface area contributed by atoms with Crippen LogP contribution in [0.15, 0.2) is 48.6 Å². The Morgan fingerprint density at radius 2 is 1.61 bits per heavy atom. The van der Waals surface area contributed by atoms with E-state index in [0.717, 1.165) is 24.0 Å². The van der Waals surface area contributed by atoms with Crippen LogP contribution in [0.1, 0.15) is 32.3 Å². The molecule has 0 aliphatic heterocycles. The van der Waals surface area contributed by atoms with Crippen molar-refractivity contribution in [3.63, 3.8) is 0 Å². The third kappa shape index (κ3) is 1.82. The molecule has 0 unspecified atom stereocenters. The summed E-state index contributed by atoms with van der Waals surface area (Å²) in [5.74, 6) is 0. The van der Waals surface area contributed by atoms with Gasteiger partial charge in [0.2, 0.25) is 0 Å². The summed E-state index contributed by atoms with van der Waals surface area (Å²) in [6.07, 6.45) is 8.18. The minimum absolute atomic E-state index is 0.160. The first-order valence-electron chi connectivity index (χ1n) is 6.60. The Hall–Kier alpha value is -1.38. The summed E-state index contributed by atoms with van der Waals surface area (Å²) in [5, 5.41) is 0. The molecule has 2 rings (SSSR count). The van der Waals surface area contributed by atoms with Crippen LogP contribution in [-0.4, -0.2) is 5.66 Å². The van der Waals surface area contributed by atoms with E-state index in [9.17, 15) is 0 Å². The Morgan fingerprint density at radius 3 is 2.17 bits per heavy atom. The van der Waals surface area contributed by atoms with Crippen LogP contribution in [0, 0.1) is 5.41 Å². The maximum atomic E-state index is 6.51. The number of nitrogens with two attached hydrogens (primary N) is 2. The standard InChI is InChI=1S/C16H22N2/c1-3-15(4-2)12-8-11-14(16(15,17)18)13-9-6-5-7-10-13/h5-12H,3-4,17-18H2,1-2H3. The van der Waals surface area contributed by atoms with Gasteiger partial charge in [0, 0.05) is 5.41 Å². The molecule has 2 nitrogen and oxygen atoms in total. The maximum absolute atomic E-state index is 6.51. The van der Waals surface area contributed by atoms with E-state index in [0.29, 0.717) is 0 Å². The summed E-state index contributed by atoms with van der Waals surface area (Å²) < 4.78 is 0. The highest BCUT2D eigenvalue weighted by Crippen LogP contribution is 2.45. The highest BCUT2D eigenvalue weighted by molar-refractivity contribution is 5.76. The normalized spacial score (nSPS) is 20.6. The van der Waals surface area contributed by atoms with Crippen molar-refractivity contribution in [1.82, 2.24) is 0 Å². The van der Waals surface area contributed by atoms with Crippen LogP contribution in [0.5, 0.6) is 0 Å². The number of hydrogen-bond acceptors (Lipinski definition) is 2. The fourth-order valence-corrected chi connectivity index (χ4v) is 2.90. The molecule has 0 heterocycles. The summed E-state index contributed by atoms with van der Waals surface area (Å²) >= 11 is 0. The molecule has 0 atom stereocenters. The Balaban J connectivity index is 2.51. The second-order valence-electron chi connectivity index (χ2n) is 5.04. The van der Waals surface area contributed by atoms with E-state index in [1.807, 2.05) is 24.3 Å². The summed E-state index contributed by atoms with van der Waals surface area (Å²) in [6, 6.07) is 10.2. The summed E-state index contributed by atoms with van der Waals surface area (Å²) in [5.41, 5.74) is 14.2. The minimum atomic E-state index is -0.813. The first-order valence-corrected chi connectivity index (χ1v) is 6.60. The van der Waals surface area contributed by atoms with Crippen molar-refractivity contribution < 1.29 is 0 Å². The third-order valence-corrected chi connectivity index (χ3v) is 4.29. The van der Waals surface area contributed by atoms with E-state index in [4.69, 9.17) is 11.5 Å². The van der Waals surface area contributed by atoms with Gasteiger partial charge in [0.15, 0.2) is 0 Å². The predicted molar refractivity (Wildman–Crippen MR) is 77.7 cm³/mol. The molecule has 96 valence electrons. The van der Waals surface area contributed by atoms with E-state index in [1.165, 1.54) is 0 Å². The molecule has 0 fully saturated rings. The molecule has 0 bridgehead atoms. The van der Waals surface area contributed by atoms with Crippen LogP contribution in [0.4, 0.5) is 0 Å². The molecule has 1 aliphatic rings. The van der Waals surface area contributed by atoms with Crippen molar-refractivity contribution >= 4 is 5.57 Å². The number of allylic oxidation sites excluding steroid dienone is 2. The molecule has 0 spiro atoms. The van der Waals surface area contributed by atoms with Gasteiger partial charge in [0.1, 0.15) is 0 Å². The molecule has 0 saturated heterocycles. The highest BCUT2D eigenvalue weighted by atomic mass is 15.0. The smallest absolute Gasteiger partial charge is 0.0998 e. The molecule has 4 N–H and O–H groups in total. The zero-order chi connectivity index (χ0) is 13.2. The molecule has 1 aromatic carbocycles. The van der Waals surface area contributed by atoms with Crippen LogP contribution in [0.2, 0.25) is 0 Å². The molecular formula is C16H22N2. The van der Waals surface area contributed by atoms with Gasteiger partial charge in [-0.05, 0) is 24.0 Å². The first kappa shape index (κ1) is 13.1. The lowest BCUT2D eigenvalue weighted by molar-refractivity contribution is 0.222. The minimum Gasteiger partial charge on any atom is -0.309 e. The van der Waals surface area contributed by atoms with E-state index in [-0.39, 0.29) is 5.41 Å². The number of benzene rings is 1. The van der Waals surface area contributed by atoms with Crippen molar-refractivity contribution in [2.24, 2.45) is 16.9 Å². The Bertz CT molecular complexity index is 465. The zero-order valence-corrected chi connectivity index (χ0v) is 11.2. The summed E-state index contributed by atoms with van der Waals surface area (Å²) in [7, 11) is 0. The van der Waals surface area contributed by atoms with E-state index in [1.54, 1.807) is 0 Å². The number of rotatable bonds is 3. The molecule has 2 heteroatoms. The van der Waals surface area contributed by atoms with E-state index < -0.39 is 5.66 Å². The fraction of sp³-hybridized carbons (Fsp3) is 0.375. The van der Waals surface area contributed by atoms with Crippen molar-refractivity contribution in [3.05, 3.63) is 54.1 Å². The monoisotopic (exact) mass is 242 g/mol. The second kappa shape index (κ2) is 4.71. The van der Waals surface area contributed by atoms with Crippen molar-refractivity contribution in [1.29, 1.82) is 0 Å². The average molecular weight is 242 g/mol. The topological polar surface area (TPSA) is 52.0 Å². The van der Waals surface area contributed by atoms with Crippen molar-refractivity contribution in [2.45, 2.75) is 32.4 Å². The Morgan fingerprint density at radius 1 is 1.00 bits per heavy atom. The number of hydrogen-bond donors (Lipinski definition) is 2. The lowest BCUT2D eigenvalue weighted by atomic mass is 9.65. The molecule has 0 saturated carbocycles. The van der Waals surface area contributed by atoms with Crippen molar-refractivity contribution in [3.8, 4) is 0 Å². The summed E-state index contributed by atoms with van der Waals surface area (Å²) in [4.78, 5) is 0. The molecule has 1 aliphatic carbocycles. The van der Waals surface area contributed by atoms with Gasteiger partial charge in [-0.25, -0.2) is 0 Å². The Kier molecular flexibility index (Phi) is 3.42. The lowest BCUT2D eigenvalue weighted by Gasteiger charge is -2.47. The third-order valence-electron chi connectivity index (χ3n) is 4.29. The average Bonchev–Trinajstić information content (AvgIpc) is 2.39. The largest absolute Gasteiger partial charge is 0.309 e. The molecule has 0 aromatic heterocycles. The van der Waals surface area contributed by atoms with Crippen LogP contribution in [0.3, 0.4) is 0 Å². The van der Waals surface area contributed by atoms with Gasteiger partial charge in [-0.2, -0.15) is 0 Å². The van der Waals surface area contributed by atoms with E-state index in [2.05, 4.69) is 38.1 Å². The second-order valence-corrected chi connectivity index (χ2v) is 5.04. The van der Waals surface area contributed by atoms with Gasteiger partial charge in [0.25, 0.3) is 0 Å². The molecule has 0 radical (unpaired) electrons. The molecule has 18 heavy (non-hydrogen) atoms. The fourth-order valence-electron chi connectivity index (χ4n) is 2.90. The Labute approximate surface area is 109 Å². The van der Waals surface area contributed by atoms with Gasteiger partial charge >= 0.3 is 0 Å². The van der Waals surface area contributed by atoms with Gasteiger partial charge in [-0.15, -0.1) is 0 Å². The summed E-state index contributed by atoms with van der Waals surface area (Å²) in [6.45, 7) is 4.30. The SMILES string of the molecule is CCC1(CC)C=CC=C(c2ccccc2)C1(N)N. The van der Waals surface area contributed by atoms with Crippen LogP contribution in [0.25, 0.3) is 5.57 Å². The van der Waals surface area contributed by atoms with Crippen LogP contribution >= 0.6 is 0 Å². The predicted octanol–water partition coefficient (Wildman–Crippen LogP) is 3.06. The zero-order valence-electron chi connectivity index (χ0n) is 11.2. The molecule has 1 aromatic rings. The van der Waals surface area contributed by atoms with Crippen molar-refractivity contribution in [2.75, 3.05) is 0 Å². The first-order chi connectivity index (χ1) is 8.57. The van der Waals surface area contributed by atoms with E-state index >= 15 is 0 Å². The van der Waals surface area contributed by atoms with Crippen LogP contribution < -0.4 is 11.5 Å². The van der Waals surface area contributed by atoms with Gasteiger partial charge in [0.05, 0.1) is 5.66 Å². The molecular weight excluding hydrogens is 220 g/mol. The van der Waals surface area contributed by atoms with Gasteiger partial charge in [-0.3, -0.25) is 0 Å². The lowest BCUT2D eigenvalue weighted by Crippen LogP contribution is -2.62. The van der Waals surface area contributed by atoms with Gasteiger partial charge in [-0.1, -0.05) is 62.4 Å². The maximum Gasteiger partial charge on any atom is 0.0998 e. The molecule has 0 amide bonds.